The molecule has 0 spiro atoms. The monoisotopic (exact) mass is 252 g/mol. The lowest BCUT2D eigenvalue weighted by Crippen LogP contribution is -2.47. The molecule has 1 aromatic carbocycles. The van der Waals surface area contributed by atoms with Crippen molar-refractivity contribution in [3.8, 4) is 0 Å². The molecule has 0 amide bonds. The lowest BCUT2D eigenvalue weighted by atomic mass is 9.80. The molecule has 0 N–H and O–H groups in total. The summed E-state index contributed by atoms with van der Waals surface area (Å²) in [5.41, 5.74) is 0.977. The fourth-order valence-electron chi connectivity index (χ4n) is 2.94. The molecule has 1 aliphatic rings. The minimum atomic E-state index is -3.21. The molecule has 0 aromatic heterocycles. The number of sulfone groups is 1. The van der Waals surface area contributed by atoms with Crippen molar-refractivity contribution in [2.45, 2.75) is 43.8 Å². The summed E-state index contributed by atoms with van der Waals surface area (Å²) in [6, 6.07) is 7.41. The van der Waals surface area contributed by atoms with Gasteiger partial charge in [-0.3, -0.25) is 0 Å². The molecule has 2 nitrogen and oxygen atoms in total. The molecule has 94 valence electrons. The average Bonchev–Trinajstić information content (AvgIpc) is 2.24. The van der Waals surface area contributed by atoms with Gasteiger partial charge in [-0.1, -0.05) is 32.0 Å². The van der Waals surface area contributed by atoms with Crippen molar-refractivity contribution >= 4 is 9.84 Å². The van der Waals surface area contributed by atoms with Crippen LogP contribution in [0.15, 0.2) is 29.2 Å². The van der Waals surface area contributed by atoms with Gasteiger partial charge in [0, 0.05) is 0 Å². The van der Waals surface area contributed by atoms with Crippen molar-refractivity contribution in [2.75, 3.05) is 0 Å². The molecule has 1 atom stereocenters. The quantitative estimate of drug-likeness (QED) is 0.769. The molecule has 0 saturated carbocycles. The molecule has 0 aliphatic carbocycles. The van der Waals surface area contributed by atoms with Gasteiger partial charge in [-0.05, 0) is 43.7 Å². The van der Waals surface area contributed by atoms with Gasteiger partial charge >= 0.3 is 0 Å². The van der Waals surface area contributed by atoms with Crippen LogP contribution in [0.3, 0.4) is 0 Å². The first kappa shape index (κ1) is 12.6. The Morgan fingerprint density at radius 1 is 1.24 bits per heavy atom. The van der Waals surface area contributed by atoms with E-state index in [1.54, 1.807) is 6.07 Å². The van der Waals surface area contributed by atoms with E-state index >= 15 is 0 Å². The Morgan fingerprint density at radius 2 is 1.82 bits per heavy atom. The Hall–Kier alpha value is -0.830. The number of fused-ring (bicyclic) bond motifs is 1. The molecule has 1 unspecified atom stereocenters. The highest BCUT2D eigenvalue weighted by Gasteiger charge is 2.48. The van der Waals surface area contributed by atoms with Gasteiger partial charge in [-0.2, -0.15) is 0 Å². The zero-order valence-electron chi connectivity index (χ0n) is 10.9. The summed E-state index contributed by atoms with van der Waals surface area (Å²) in [5.74, 6) is 0.551. The van der Waals surface area contributed by atoms with E-state index in [4.69, 9.17) is 0 Å². The third kappa shape index (κ3) is 1.71. The van der Waals surface area contributed by atoms with Crippen LogP contribution in [-0.2, 0) is 16.3 Å². The Labute approximate surface area is 104 Å². The summed E-state index contributed by atoms with van der Waals surface area (Å²) >= 11 is 0. The highest BCUT2D eigenvalue weighted by atomic mass is 32.2. The smallest absolute Gasteiger partial charge is 0.184 e. The van der Waals surface area contributed by atoms with Gasteiger partial charge < -0.3 is 0 Å². The Kier molecular flexibility index (Phi) is 2.85. The zero-order valence-corrected chi connectivity index (χ0v) is 11.7. The van der Waals surface area contributed by atoms with Crippen LogP contribution in [0, 0.1) is 11.8 Å². The van der Waals surface area contributed by atoms with E-state index in [-0.39, 0.29) is 5.92 Å². The first-order valence-electron chi connectivity index (χ1n) is 6.11. The lowest BCUT2D eigenvalue weighted by Gasteiger charge is -2.41. The summed E-state index contributed by atoms with van der Waals surface area (Å²) in [4.78, 5) is 0.530. The topological polar surface area (TPSA) is 34.1 Å². The SMILES string of the molecule is CC(C)C1Cc2ccccc2S(=O)(=O)C1(C)C. The number of rotatable bonds is 1. The van der Waals surface area contributed by atoms with Crippen LogP contribution in [0.2, 0.25) is 0 Å². The van der Waals surface area contributed by atoms with Gasteiger partial charge in [-0.25, -0.2) is 8.42 Å². The van der Waals surface area contributed by atoms with Crippen LogP contribution >= 0.6 is 0 Å². The van der Waals surface area contributed by atoms with Crippen molar-refractivity contribution < 1.29 is 8.42 Å². The van der Waals surface area contributed by atoms with Gasteiger partial charge in [0.15, 0.2) is 9.84 Å². The Bertz CT molecular complexity index is 527. The predicted octanol–water partition coefficient (Wildman–Crippen LogP) is 3.07. The molecule has 1 aliphatic heterocycles. The standard InChI is InChI=1S/C14H20O2S/c1-10(2)12-9-11-7-5-6-8-13(11)17(15,16)14(12,3)4/h5-8,10,12H,9H2,1-4H3. The van der Waals surface area contributed by atoms with Crippen LogP contribution in [0.4, 0.5) is 0 Å². The van der Waals surface area contributed by atoms with Crippen molar-refractivity contribution in [1.29, 1.82) is 0 Å². The lowest BCUT2D eigenvalue weighted by molar-refractivity contribution is 0.291. The zero-order chi connectivity index (χ0) is 12.8. The second kappa shape index (κ2) is 3.84. The normalized spacial score (nSPS) is 25.6. The summed E-state index contributed by atoms with van der Waals surface area (Å²) < 4.78 is 24.6. The van der Waals surface area contributed by atoms with Crippen molar-refractivity contribution in [3.63, 3.8) is 0 Å². The molecular weight excluding hydrogens is 232 g/mol. The van der Waals surface area contributed by atoms with E-state index in [1.165, 1.54) is 0 Å². The molecule has 1 aromatic rings. The number of hydrogen-bond donors (Lipinski definition) is 0. The van der Waals surface area contributed by atoms with Gasteiger partial charge in [0.05, 0.1) is 9.64 Å². The van der Waals surface area contributed by atoms with Crippen LogP contribution in [0.5, 0.6) is 0 Å². The van der Waals surface area contributed by atoms with Crippen LogP contribution < -0.4 is 0 Å². The second-order valence-corrected chi connectivity index (χ2v) is 8.27. The summed E-state index contributed by atoms with van der Waals surface area (Å²) in [6.07, 6.45) is 0.861. The second-order valence-electron chi connectivity index (χ2n) is 5.77. The number of hydrogen-bond acceptors (Lipinski definition) is 2. The molecule has 3 heteroatoms. The maximum absolute atomic E-state index is 12.6. The third-order valence-electron chi connectivity index (χ3n) is 4.09. The third-order valence-corrected chi connectivity index (χ3v) is 6.76. The van der Waals surface area contributed by atoms with Gasteiger partial charge in [-0.15, -0.1) is 0 Å². The highest BCUT2D eigenvalue weighted by Crippen LogP contribution is 2.43. The molecule has 0 saturated heterocycles. The molecular formula is C14H20O2S. The fourth-order valence-corrected chi connectivity index (χ4v) is 5.01. The van der Waals surface area contributed by atoms with Crippen LogP contribution in [-0.4, -0.2) is 13.2 Å². The molecule has 1 heterocycles. The first-order valence-corrected chi connectivity index (χ1v) is 7.59. The van der Waals surface area contributed by atoms with Crippen molar-refractivity contribution in [2.24, 2.45) is 11.8 Å². The maximum Gasteiger partial charge on any atom is 0.184 e. The number of benzene rings is 1. The van der Waals surface area contributed by atoms with Crippen LogP contribution in [0.1, 0.15) is 33.3 Å². The molecule has 2 rings (SSSR count). The largest absolute Gasteiger partial charge is 0.223 e. The van der Waals surface area contributed by atoms with E-state index < -0.39 is 14.6 Å². The molecule has 0 radical (unpaired) electrons. The van der Waals surface area contributed by atoms with E-state index in [1.807, 2.05) is 32.0 Å². The van der Waals surface area contributed by atoms with E-state index in [0.29, 0.717) is 10.8 Å². The Balaban J connectivity index is 2.67. The van der Waals surface area contributed by atoms with E-state index in [0.717, 1.165) is 12.0 Å². The van der Waals surface area contributed by atoms with E-state index in [9.17, 15) is 8.42 Å². The van der Waals surface area contributed by atoms with Crippen molar-refractivity contribution in [3.05, 3.63) is 29.8 Å². The predicted molar refractivity (Wildman–Crippen MR) is 69.7 cm³/mol. The average molecular weight is 252 g/mol. The Morgan fingerprint density at radius 3 is 2.41 bits per heavy atom. The van der Waals surface area contributed by atoms with E-state index in [2.05, 4.69) is 13.8 Å². The summed E-state index contributed by atoms with van der Waals surface area (Å²) in [7, 11) is -3.21. The highest BCUT2D eigenvalue weighted by molar-refractivity contribution is 7.93. The molecule has 0 fully saturated rings. The van der Waals surface area contributed by atoms with Gasteiger partial charge in [0.2, 0.25) is 0 Å². The molecule has 17 heavy (non-hydrogen) atoms. The maximum atomic E-state index is 12.6. The van der Waals surface area contributed by atoms with Crippen LogP contribution in [0.25, 0.3) is 0 Å². The fraction of sp³-hybridized carbons (Fsp3) is 0.571. The van der Waals surface area contributed by atoms with Gasteiger partial charge in [0.25, 0.3) is 0 Å². The first-order chi connectivity index (χ1) is 7.78. The molecule has 0 bridgehead atoms. The van der Waals surface area contributed by atoms with Crippen molar-refractivity contribution in [1.82, 2.24) is 0 Å². The van der Waals surface area contributed by atoms with Gasteiger partial charge in [0.1, 0.15) is 0 Å². The summed E-state index contributed by atoms with van der Waals surface area (Å²) in [6.45, 7) is 7.94. The summed E-state index contributed by atoms with van der Waals surface area (Å²) in [5, 5.41) is 0. The minimum Gasteiger partial charge on any atom is -0.223 e. The minimum absolute atomic E-state index is 0.183.